The summed E-state index contributed by atoms with van der Waals surface area (Å²) in [4.78, 5) is 7.22. The molecule has 0 aliphatic heterocycles. The SMILES string of the molecule is CNc1ccc2ccn(Cc3c[nH]cn3)c2c1. The van der Waals surface area contributed by atoms with Crippen LogP contribution in [-0.2, 0) is 6.54 Å². The smallest absolute Gasteiger partial charge is 0.0923 e. The second-order valence-corrected chi connectivity index (χ2v) is 4.03. The van der Waals surface area contributed by atoms with Gasteiger partial charge < -0.3 is 14.9 Å². The number of aromatic amines is 1. The molecule has 3 rings (SSSR count). The Kier molecular flexibility index (Phi) is 2.33. The van der Waals surface area contributed by atoms with Gasteiger partial charge in [0.1, 0.15) is 0 Å². The Morgan fingerprint density at radius 3 is 3.06 bits per heavy atom. The topological polar surface area (TPSA) is 45.6 Å². The summed E-state index contributed by atoms with van der Waals surface area (Å²) in [5.74, 6) is 0. The van der Waals surface area contributed by atoms with E-state index in [4.69, 9.17) is 0 Å². The van der Waals surface area contributed by atoms with E-state index in [9.17, 15) is 0 Å². The maximum Gasteiger partial charge on any atom is 0.0923 e. The molecule has 2 N–H and O–H groups in total. The molecule has 4 nitrogen and oxygen atoms in total. The first-order chi connectivity index (χ1) is 8.36. The number of imidazole rings is 1. The van der Waals surface area contributed by atoms with Crippen LogP contribution >= 0.6 is 0 Å². The van der Waals surface area contributed by atoms with E-state index in [0.29, 0.717) is 0 Å². The van der Waals surface area contributed by atoms with Crippen molar-refractivity contribution in [3.8, 4) is 0 Å². The third kappa shape index (κ3) is 1.78. The monoisotopic (exact) mass is 226 g/mol. The molecule has 0 saturated carbocycles. The van der Waals surface area contributed by atoms with E-state index in [2.05, 4.69) is 50.3 Å². The third-order valence-electron chi connectivity index (χ3n) is 2.95. The average Bonchev–Trinajstić information content (AvgIpc) is 2.99. The zero-order chi connectivity index (χ0) is 11.7. The van der Waals surface area contributed by atoms with Gasteiger partial charge in [-0.1, -0.05) is 6.07 Å². The van der Waals surface area contributed by atoms with Crippen LogP contribution < -0.4 is 5.32 Å². The first-order valence-corrected chi connectivity index (χ1v) is 5.61. The lowest BCUT2D eigenvalue weighted by atomic mass is 10.2. The van der Waals surface area contributed by atoms with Crippen LogP contribution in [0, 0.1) is 0 Å². The Morgan fingerprint density at radius 2 is 2.29 bits per heavy atom. The van der Waals surface area contributed by atoms with Gasteiger partial charge in [-0.2, -0.15) is 0 Å². The minimum atomic E-state index is 0.792. The maximum atomic E-state index is 4.25. The maximum absolute atomic E-state index is 4.25. The molecule has 0 unspecified atom stereocenters. The molecule has 0 spiro atoms. The Hall–Kier alpha value is -2.23. The Bertz CT molecular complexity index is 622. The standard InChI is InChI=1S/C13H14N4/c1-14-11-3-2-10-4-5-17(13(10)6-11)8-12-7-15-9-16-12/h2-7,9,14H,8H2,1H3,(H,15,16). The average molecular weight is 226 g/mol. The Labute approximate surface area is 99.3 Å². The molecule has 0 aliphatic carbocycles. The van der Waals surface area contributed by atoms with E-state index in [1.165, 1.54) is 10.9 Å². The van der Waals surface area contributed by atoms with Crippen LogP contribution in [0.2, 0.25) is 0 Å². The van der Waals surface area contributed by atoms with Crippen molar-refractivity contribution in [2.24, 2.45) is 0 Å². The predicted octanol–water partition coefficient (Wildman–Crippen LogP) is 2.45. The fourth-order valence-corrected chi connectivity index (χ4v) is 2.03. The quantitative estimate of drug-likeness (QED) is 0.720. The highest BCUT2D eigenvalue weighted by Crippen LogP contribution is 2.20. The number of benzene rings is 1. The molecular formula is C13H14N4. The minimum absolute atomic E-state index is 0.792. The summed E-state index contributed by atoms with van der Waals surface area (Å²) in [6, 6.07) is 8.49. The van der Waals surface area contributed by atoms with Crippen LogP contribution in [0.3, 0.4) is 0 Å². The number of nitrogens with zero attached hydrogens (tertiary/aromatic N) is 2. The molecule has 17 heavy (non-hydrogen) atoms. The molecule has 0 aliphatic rings. The lowest BCUT2D eigenvalue weighted by Gasteiger charge is -2.05. The molecule has 0 amide bonds. The van der Waals surface area contributed by atoms with Crippen LogP contribution in [0.1, 0.15) is 5.69 Å². The number of fused-ring (bicyclic) bond motifs is 1. The van der Waals surface area contributed by atoms with Gasteiger partial charge in [0.2, 0.25) is 0 Å². The van der Waals surface area contributed by atoms with Gasteiger partial charge in [0.25, 0.3) is 0 Å². The van der Waals surface area contributed by atoms with Gasteiger partial charge in [-0.15, -0.1) is 0 Å². The number of hydrogen-bond acceptors (Lipinski definition) is 2. The molecule has 0 bridgehead atoms. The van der Waals surface area contributed by atoms with Crippen LogP contribution in [0.25, 0.3) is 10.9 Å². The van der Waals surface area contributed by atoms with Crippen LogP contribution in [0.15, 0.2) is 43.0 Å². The fourth-order valence-electron chi connectivity index (χ4n) is 2.03. The van der Waals surface area contributed by atoms with Gasteiger partial charge in [0.05, 0.1) is 24.1 Å². The molecule has 3 aromatic rings. The van der Waals surface area contributed by atoms with E-state index in [0.717, 1.165) is 17.9 Å². The molecule has 4 heteroatoms. The molecule has 0 atom stereocenters. The van der Waals surface area contributed by atoms with Crippen LogP contribution in [0.4, 0.5) is 5.69 Å². The largest absolute Gasteiger partial charge is 0.388 e. The minimum Gasteiger partial charge on any atom is -0.388 e. The third-order valence-corrected chi connectivity index (χ3v) is 2.95. The van der Waals surface area contributed by atoms with Gasteiger partial charge in [-0.25, -0.2) is 4.98 Å². The second-order valence-electron chi connectivity index (χ2n) is 4.03. The number of aromatic nitrogens is 3. The summed E-state index contributed by atoms with van der Waals surface area (Å²) in [5, 5.41) is 4.41. The van der Waals surface area contributed by atoms with E-state index in [1.54, 1.807) is 6.33 Å². The van der Waals surface area contributed by atoms with Crippen molar-refractivity contribution in [2.45, 2.75) is 6.54 Å². The van der Waals surface area contributed by atoms with E-state index in [-0.39, 0.29) is 0 Å². The number of rotatable bonds is 3. The van der Waals surface area contributed by atoms with Crippen molar-refractivity contribution in [1.82, 2.24) is 14.5 Å². The predicted molar refractivity (Wildman–Crippen MR) is 69.2 cm³/mol. The summed E-state index contributed by atoms with van der Waals surface area (Å²) < 4.78 is 2.20. The van der Waals surface area contributed by atoms with Gasteiger partial charge in [-0.05, 0) is 23.6 Å². The van der Waals surface area contributed by atoms with E-state index >= 15 is 0 Å². The fraction of sp³-hybridized carbons (Fsp3) is 0.154. The van der Waals surface area contributed by atoms with Crippen LogP contribution in [-0.4, -0.2) is 21.6 Å². The molecule has 1 aromatic carbocycles. The lowest BCUT2D eigenvalue weighted by molar-refractivity contribution is 0.814. The van der Waals surface area contributed by atoms with Crippen molar-refractivity contribution in [3.05, 3.63) is 48.7 Å². The van der Waals surface area contributed by atoms with E-state index in [1.807, 2.05) is 13.2 Å². The Balaban J connectivity index is 2.04. The summed E-state index contributed by atoms with van der Waals surface area (Å²) >= 11 is 0. The van der Waals surface area contributed by atoms with Gasteiger partial charge in [0.15, 0.2) is 0 Å². The molecular weight excluding hydrogens is 212 g/mol. The molecule has 2 heterocycles. The molecule has 0 radical (unpaired) electrons. The number of hydrogen-bond donors (Lipinski definition) is 2. The highest BCUT2D eigenvalue weighted by molar-refractivity contribution is 5.83. The highest BCUT2D eigenvalue weighted by atomic mass is 15.0. The molecule has 2 aromatic heterocycles. The molecule has 0 saturated heterocycles. The lowest BCUT2D eigenvalue weighted by Crippen LogP contribution is -1.98. The summed E-state index contributed by atoms with van der Waals surface area (Å²) in [5.41, 5.74) is 3.39. The molecule has 0 fully saturated rings. The number of anilines is 1. The van der Waals surface area contributed by atoms with Gasteiger partial charge in [-0.3, -0.25) is 0 Å². The normalized spacial score (nSPS) is 10.9. The van der Waals surface area contributed by atoms with Crippen LogP contribution in [0.5, 0.6) is 0 Å². The second kappa shape index (κ2) is 3.97. The van der Waals surface area contributed by atoms with Crippen molar-refractivity contribution in [3.63, 3.8) is 0 Å². The highest BCUT2D eigenvalue weighted by Gasteiger charge is 2.03. The van der Waals surface area contributed by atoms with Gasteiger partial charge >= 0.3 is 0 Å². The zero-order valence-electron chi connectivity index (χ0n) is 9.64. The first-order valence-electron chi connectivity index (χ1n) is 5.61. The first kappa shape index (κ1) is 9.96. The van der Waals surface area contributed by atoms with Crippen molar-refractivity contribution in [2.75, 3.05) is 12.4 Å². The van der Waals surface area contributed by atoms with Crippen molar-refractivity contribution >= 4 is 16.6 Å². The van der Waals surface area contributed by atoms with Crippen molar-refractivity contribution in [1.29, 1.82) is 0 Å². The number of nitrogens with one attached hydrogen (secondary N) is 2. The summed E-state index contributed by atoms with van der Waals surface area (Å²) in [7, 11) is 1.93. The summed E-state index contributed by atoms with van der Waals surface area (Å²) in [6.07, 6.45) is 5.73. The number of H-pyrrole nitrogens is 1. The molecule has 86 valence electrons. The Morgan fingerprint density at radius 1 is 1.35 bits per heavy atom. The zero-order valence-corrected chi connectivity index (χ0v) is 9.64. The summed E-state index contributed by atoms with van der Waals surface area (Å²) in [6.45, 7) is 0.792. The van der Waals surface area contributed by atoms with E-state index < -0.39 is 0 Å². The van der Waals surface area contributed by atoms with Gasteiger partial charge in [0, 0.05) is 25.1 Å². The van der Waals surface area contributed by atoms with Crippen molar-refractivity contribution < 1.29 is 0 Å².